The molecule has 1 N–H and O–H groups in total. The molecule has 9 heteroatoms. The first-order valence-electron chi connectivity index (χ1n) is 10.5. The fourth-order valence-corrected chi connectivity index (χ4v) is 5.74. The van der Waals surface area contributed by atoms with Gasteiger partial charge in [-0.25, -0.2) is 23.1 Å². The van der Waals surface area contributed by atoms with Crippen molar-refractivity contribution in [2.45, 2.75) is 44.0 Å². The molecule has 2 aromatic carbocycles. The van der Waals surface area contributed by atoms with Gasteiger partial charge < -0.3 is 9.15 Å². The van der Waals surface area contributed by atoms with E-state index in [4.69, 9.17) is 9.15 Å². The van der Waals surface area contributed by atoms with E-state index >= 15 is 0 Å². The molecule has 0 amide bonds. The summed E-state index contributed by atoms with van der Waals surface area (Å²) in [6.07, 6.45) is 2.95. The van der Waals surface area contributed by atoms with Crippen LogP contribution in [0.5, 0.6) is 0 Å². The molecule has 3 aromatic rings. The van der Waals surface area contributed by atoms with Gasteiger partial charge in [-0.1, -0.05) is 54.6 Å². The lowest BCUT2D eigenvalue weighted by atomic mass is 9.81. The summed E-state index contributed by atoms with van der Waals surface area (Å²) in [7, 11) is -4.19. The normalized spacial score (nSPS) is 18.1. The lowest BCUT2D eigenvalue weighted by Gasteiger charge is -2.30. The highest BCUT2D eigenvalue weighted by molar-refractivity contribution is 8.05. The third-order valence-corrected chi connectivity index (χ3v) is 7.53. The zero-order valence-electron chi connectivity index (χ0n) is 17.4. The monoisotopic (exact) mass is 456 g/mol. The number of fused-ring (bicyclic) bond motifs is 1. The highest BCUT2D eigenvalue weighted by Gasteiger charge is 2.40. The molecule has 32 heavy (non-hydrogen) atoms. The largest absolute Gasteiger partial charge is 0.449 e. The van der Waals surface area contributed by atoms with Crippen LogP contribution in [0.15, 0.2) is 63.8 Å². The number of aryl methyl sites for hydroxylation is 1. The number of nitrogens with zero attached hydrogens (tertiary/aromatic N) is 1. The molecule has 0 fully saturated rings. The Morgan fingerprint density at radius 1 is 1.12 bits per heavy atom. The zero-order valence-corrected chi connectivity index (χ0v) is 18.2. The molecule has 2 atom stereocenters. The van der Waals surface area contributed by atoms with E-state index in [9.17, 15) is 18.0 Å². The summed E-state index contributed by atoms with van der Waals surface area (Å²) in [6.45, 7) is -0.0917. The Bertz CT molecular complexity index is 1230. The molecule has 1 aliphatic carbocycles. The van der Waals surface area contributed by atoms with E-state index in [1.54, 1.807) is 36.4 Å². The maximum atomic E-state index is 13.2. The van der Waals surface area contributed by atoms with Gasteiger partial charge in [0.25, 0.3) is 9.84 Å². The van der Waals surface area contributed by atoms with Gasteiger partial charge in [0.15, 0.2) is 0 Å². The van der Waals surface area contributed by atoms with Gasteiger partial charge in [0, 0.05) is 6.42 Å². The minimum atomic E-state index is -4.19. The van der Waals surface area contributed by atoms with Crippen molar-refractivity contribution in [3.8, 4) is 0 Å². The van der Waals surface area contributed by atoms with E-state index in [0.717, 1.165) is 24.0 Å². The Morgan fingerprint density at radius 2 is 1.88 bits per heavy atom. The number of carbonyl (C=O) groups is 1. The van der Waals surface area contributed by atoms with Crippen LogP contribution in [0, 0.1) is 5.92 Å². The van der Waals surface area contributed by atoms with Crippen molar-refractivity contribution in [2.24, 2.45) is 5.92 Å². The first-order valence-corrected chi connectivity index (χ1v) is 12.0. The second-order valence-corrected chi connectivity index (χ2v) is 9.95. The zero-order chi connectivity index (χ0) is 22.6. The molecular weight excluding hydrogens is 432 g/mol. The standard InChI is InChI=1S/C23H24N2O6S/c26-22-25-24-21(31-22)12-6-9-17-13-18-10-4-5-11-19(18)20(14-17)32(28,29)23(27)30-15-16-7-2-1-3-8-16/h1-5,7-8,10-11,17,20H,6,9,12-15H2,(H,25,26)/t17-,20?/m1/s1. The average Bonchev–Trinajstić information content (AvgIpc) is 3.22. The quantitative estimate of drug-likeness (QED) is 0.538. The summed E-state index contributed by atoms with van der Waals surface area (Å²) >= 11 is 0. The number of carbonyl (C=O) groups excluding carboxylic acids is 1. The molecule has 168 valence electrons. The van der Waals surface area contributed by atoms with E-state index in [1.165, 1.54) is 0 Å². The first kappa shape index (κ1) is 22.0. The summed E-state index contributed by atoms with van der Waals surface area (Å²) in [6, 6.07) is 16.3. The molecule has 0 saturated heterocycles. The maximum absolute atomic E-state index is 13.2. The van der Waals surface area contributed by atoms with Crippen LogP contribution in [0.25, 0.3) is 0 Å². The molecule has 0 radical (unpaired) electrons. The highest BCUT2D eigenvalue weighted by atomic mass is 32.2. The van der Waals surface area contributed by atoms with Crippen molar-refractivity contribution in [3.63, 3.8) is 0 Å². The Morgan fingerprint density at radius 3 is 2.62 bits per heavy atom. The van der Waals surface area contributed by atoms with Gasteiger partial charge in [0.1, 0.15) is 6.61 Å². The van der Waals surface area contributed by atoms with Gasteiger partial charge in [0.2, 0.25) is 5.89 Å². The number of aromatic amines is 1. The summed E-state index contributed by atoms with van der Waals surface area (Å²) in [5.74, 6) is -0.191. The fraction of sp³-hybridized carbons (Fsp3) is 0.348. The van der Waals surface area contributed by atoms with Crippen LogP contribution >= 0.6 is 0 Å². The van der Waals surface area contributed by atoms with E-state index in [-0.39, 0.29) is 12.5 Å². The summed E-state index contributed by atoms with van der Waals surface area (Å²) in [5.41, 5.74) is 2.32. The second-order valence-electron chi connectivity index (χ2n) is 7.96. The van der Waals surface area contributed by atoms with Crippen molar-refractivity contribution < 1.29 is 22.4 Å². The van der Waals surface area contributed by atoms with E-state index in [2.05, 4.69) is 10.2 Å². The summed E-state index contributed by atoms with van der Waals surface area (Å²) in [5, 5.41) is 3.89. The van der Waals surface area contributed by atoms with Gasteiger partial charge >= 0.3 is 11.1 Å². The number of hydrogen-bond donors (Lipinski definition) is 1. The van der Waals surface area contributed by atoms with E-state index < -0.39 is 26.1 Å². The van der Waals surface area contributed by atoms with Crippen LogP contribution in [-0.2, 0) is 34.0 Å². The van der Waals surface area contributed by atoms with Crippen molar-refractivity contribution in [1.82, 2.24) is 10.2 Å². The molecule has 0 aliphatic heterocycles. The molecule has 1 unspecified atom stereocenters. The van der Waals surface area contributed by atoms with Crippen molar-refractivity contribution in [2.75, 3.05) is 0 Å². The number of hydrogen-bond acceptors (Lipinski definition) is 7. The first-order chi connectivity index (χ1) is 15.4. The number of H-pyrrole nitrogens is 1. The third kappa shape index (κ3) is 4.99. The predicted molar refractivity (Wildman–Crippen MR) is 117 cm³/mol. The van der Waals surface area contributed by atoms with Crippen molar-refractivity contribution >= 4 is 15.1 Å². The Hall–Kier alpha value is -3.20. The summed E-state index contributed by atoms with van der Waals surface area (Å²) < 4.78 is 36.4. The van der Waals surface area contributed by atoms with Crippen LogP contribution in [-0.4, -0.2) is 23.9 Å². The molecule has 0 spiro atoms. The van der Waals surface area contributed by atoms with Crippen LogP contribution in [0.2, 0.25) is 0 Å². The predicted octanol–water partition coefficient (Wildman–Crippen LogP) is 3.74. The van der Waals surface area contributed by atoms with E-state index in [1.807, 2.05) is 18.2 Å². The molecule has 1 aromatic heterocycles. The van der Waals surface area contributed by atoms with Crippen molar-refractivity contribution in [3.05, 3.63) is 87.7 Å². The number of sulfone groups is 1. The Labute approximate surface area is 185 Å². The smallest absolute Gasteiger partial charge is 0.434 e. The van der Waals surface area contributed by atoms with Gasteiger partial charge in [-0.15, -0.1) is 5.10 Å². The molecule has 0 bridgehead atoms. The SMILES string of the molecule is O=C(OCc1ccccc1)S(=O)(=O)C1C[C@H](CCCc2n[nH]c(=O)o2)Cc2ccccc21. The van der Waals surface area contributed by atoms with Gasteiger partial charge in [-0.05, 0) is 48.3 Å². The Balaban J connectivity index is 1.46. The van der Waals surface area contributed by atoms with Gasteiger partial charge in [0.05, 0.1) is 5.25 Å². The fourth-order valence-electron chi connectivity index (χ4n) is 4.20. The molecule has 4 rings (SSSR count). The topological polar surface area (TPSA) is 119 Å². The molecule has 1 heterocycles. The average molecular weight is 457 g/mol. The summed E-state index contributed by atoms with van der Waals surface area (Å²) in [4.78, 5) is 23.6. The van der Waals surface area contributed by atoms with Gasteiger partial charge in [-0.2, -0.15) is 0 Å². The molecule has 8 nitrogen and oxygen atoms in total. The minimum Gasteiger partial charge on any atom is -0.449 e. The minimum absolute atomic E-state index is 0.0669. The lowest BCUT2D eigenvalue weighted by Crippen LogP contribution is -2.29. The number of rotatable bonds is 7. The highest BCUT2D eigenvalue weighted by Crippen LogP contribution is 2.41. The number of ether oxygens (including phenoxy) is 1. The van der Waals surface area contributed by atoms with Crippen LogP contribution in [0.1, 0.15) is 47.1 Å². The van der Waals surface area contributed by atoms with Crippen LogP contribution < -0.4 is 5.76 Å². The molecule has 0 saturated carbocycles. The number of benzene rings is 2. The molecule has 1 aliphatic rings. The maximum Gasteiger partial charge on any atom is 0.434 e. The number of aromatic nitrogens is 2. The van der Waals surface area contributed by atoms with Gasteiger partial charge in [-0.3, -0.25) is 0 Å². The number of nitrogens with one attached hydrogen (secondary N) is 1. The molecular formula is C23H24N2O6S. The second kappa shape index (κ2) is 9.52. The Kier molecular flexibility index (Phi) is 6.55. The van der Waals surface area contributed by atoms with Crippen LogP contribution in [0.4, 0.5) is 4.79 Å². The van der Waals surface area contributed by atoms with Crippen LogP contribution in [0.3, 0.4) is 0 Å². The van der Waals surface area contributed by atoms with E-state index in [0.29, 0.717) is 30.7 Å². The lowest BCUT2D eigenvalue weighted by molar-refractivity contribution is 0.165. The third-order valence-electron chi connectivity index (χ3n) is 5.75. The van der Waals surface area contributed by atoms with Crippen molar-refractivity contribution in [1.29, 1.82) is 0 Å².